The number of anilines is 1. The van der Waals surface area contributed by atoms with Crippen molar-refractivity contribution in [1.29, 1.82) is 0 Å². The third kappa shape index (κ3) is 4.14. The van der Waals surface area contributed by atoms with Crippen molar-refractivity contribution >= 4 is 21.5 Å². The fraction of sp³-hybridized carbons (Fsp3) is 0.0500. The van der Waals surface area contributed by atoms with Crippen LogP contribution in [0.3, 0.4) is 0 Å². The number of nitrogens with zero attached hydrogens (tertiary/aromatic N) is 1. The first kappa shape index (κ1) is 16.9. The second-order valence-corrected chi connectivity index (χ2v) is 7.11. The number of rotatable bonds is 4. The molecule has 0 aliphatic rings. The van der Waals surface area contributed by atoms with Crippen molar-refractivity contribution in [2.45, 2.75) is 11.8 Å². The predicted molar refractivity (Wildman–Crippen MR) is 101 cm³/mol. The molecule has 0 heterocycles. The summed E-state index contributed by atoms with van der Waals surface area (Å²) in [6.45, 7) is 1.76. The molecule has 0 unspecified atom stereocenters. The molecule has 0 radical (unpaired) electrons. The van der Waals surface area contributed by atoms with Gasteiger partial charge in [0.15, 0.2) is 5.84 Å². The lowest BCUT2D eigenvalue weighted by atomic mass is 10.2. The summed E-state index contributed by atoms with van der Waals surface area (Å²) in [6.07, 6.45) is 0. The van der Waals surface area contributed by atoms with E-state index in [2.05, 4.69) is 9.71 Å². The van der Waals surface area contributed by atoms with E-state index >= 15 is 0 Å². The van der Waals surface area contributed by atoms with Crippen LogP contribution in [-0.4, -0.2) is 14.3 Å². The Labute approximate surface area is 147 Å². The quantitative estimate of drug-likeness (QED) is 0.565. The van der Waals surface area contributed by atoms with Crippen LogP contribution in [0.5, 0.6) is 0 Å². The highest BCUT2D eigenvalue weighted by Crippen LogP contribution is 2.19. The fourth-order valence-electron chi connectivity index (χ4n) is 2.42. The first-order valence-electron chi connectivity index (χ1n) is 7.84. The molecule has 3 aromatic rings. The minimum absolute atomic E-state index is 0.207. The summed E-state index contributed by atoms with van der Waals surface area (Å²) in [6, 6.07) is 25.4. The molecule has 0 spiro atoms. The standard InChI is InChI=1S/C20H18N2O2S/c1-16-10-8-9-15-19(16)25(23,24)22-20(17-11-4-2-5-12-17)21-18-13-6-3-7-14-18/h2-15H,1H3,(H,21,22). The van der Waals surface area contributed by atoms with Gasteiger partial charge in [0, 0.05) is 11.3 Å². The Kier molecular flexibility index (Phi) is 4.95. The molecule has 0 bridgehead atoms. The Balaban J connectivity index is 2.08. The highest BCUT2D eigenvalue weighted by atomic mass is 32.2. The van der Waals surface area contributed by atoms with Gasteiger partial charge in [-0.05, 0) is 30.7 Å². The molecular weight excluding hydrogens is 332 g/mol. The van der Waals surface area contributed by atoms with Crippen LogP contribution < -0.4 is 5.32 Å². The summed E-state index contributed by atoms with van der Waals surface area (Å²) in [7, 11) is -3.83. The maximum Gasteiger partial charge on any atom is 0.284 e. The summed E-state index contributed by atoms with van der Waals surface area (Å²) in [5.74, 6) is 0.287. The largest absolute Gasteiger partial charge is 0.339 e. The van der Waals surface area contributed by atoms with Crippen LogP contribution in [0.2, 0.25) is 0 Å². The normalized spacial score (nSPS) is 12.0. The van der Waals surface area contributed by atoms with Crippen LogP contribution in [0, 0.1) is 6.92 Å². The third-order valence-corrected chi connectivity index (χ3v) is 5.10. The number of hydrogen-bond acceptors (Lipinski definition) is 2. The summed E-state index contributed by atoms with van der Waals surface area (Å²) in [5, 5.41) is 3.11. The number of aryl methyl sites for hydroxylation is 1. The molecule has 0 fully saturated rings. The number of hydrogen-bond donors (Lipinski definition) is 1. The zero-order chi connectivity index (χ0) is 17.7. The van der Waals surface area contributed by atoms with Crippen molar-refractivity contribution in [2.75, 3.05) is 5.32 Å². The topological polar surface area (TPSA) is 58.5 Å². The molecule has 0 aliphatic heterocycles. The Bertz CT molecular complexity index is 982. The molecule has 0 amide bonds. The van der Waals surface area contributed by atoms with Gasteiger partial charge in [-0.15, -0.1) is 4.40 Å². The van der Waals surface area contributed by atoms with E-state index in [9.17, 15) is 8.42 Å². The predicted octanol–water partition coefficient (Wildman–Crippen LogP) is 4.24. The van der Waals surface area contributed by atoms with E-state index in [4.69, 9.17) is 0 Å². The summed E-state index contributed by atoms with van der Waals surface area (Å²) >= 11 is 0. The van der Waals surface area contributed by atoms with E-state index in [0.717, 1.165) is 5.69 Å². The second kappa shape index (κ2) is 7.32. The molecule has 1 N–H and O–H groups in total. The molecule has 3 rings (SSSR count). The van der Waals surface area contributed by atoms with Crippen LogP contribution in [0.15, 0.2) is 94.2 Å². The number of nitrogens with one attached hydrogen (secondary N) is 1. The Morgan fingerprint density at radius 2 is 1.36 bits per heavy atom. The van der Waals surface area contributed by atoms with E-state index in [1.807, 2.05) is 60.7 Å². The van der Waals surface area contributed by atoms with Crippen LogP contribution in [-0.2, 0) is 10.0 Å². The number of benzene rings is 3. The molecule has 0 aromatic heterocycles. The summed E-state index contributed by atoms with van der Waals surface area (Å²) in [4.78, 5) is 0.207. The van der Waals surface area contributed by atoms with E-state index in [-0.39, 0.29) is 10.7 Å². The Morgan fingerprint density at radius 1 is 0.800 bits per heavy atom. The summed E-state index contributed by atoms with van der Waals surface area (Å²) in [5.41, 5.74) is 2.13. The smallest absolute Gasteiger partial charge is 0.284 e. The highest BCUT2D eigenvalue weighted by molar-refractivity contribution is 7.90. The molecule has 0 aliphatic carbocycles. The van der Waals surface area contributed by atoms with E-state index < -0.39 is 10.0 Å². The lowest BCUT2D eigenvalue weighted by molar-refractivity contribution is 0.597. The van der Waals surface area contributed by atoms with Gasteiger partial charge in [-0.1, -0.05) is 66.7 Å². The second-order valence-electron chi connectivity index (χ2n) is 5.54. The van der Waals surface area contributed by atoms with Gasteiger partial charge in [-0.3, -0.25) is 0 Å². The van der Waals surface area contributed by atoms with Gasteiger partial charge in [0.25, 0.3) is 10.0 Å². The van der Waals surface area contributed by atoms with E-state index in [1.54, 1.807) is 31.2 Å². The first-order valence-corrected chi connectivity index (χ1v) is 9.28. The first-order chi connectivity index (χ1) is 12.1. The number of amidine groups is 1. The van der Waals surface area contributed by atoms with Crippen molar-refractivity contribution < 1.29 is 8.42 Å². The van der Waals surface area contributed by atoms with Crippen molar-refractivity contribution in [3.63, 3.8) is 0 Å². The molecule has 0 saturated heterocycles. The Morgan fingerprint density at radius 3 is 2.00 bits per heavy atom. The molecule has 4 nitrogen and oxygen atoms in total. The average Bonchev–Trinajstić information content (AvgIpc) is 2.63. The van der Waals surface area contributed by atoms with Crippen molar-refractivity contribution in [3.8, 4) is 0 Å². The summed E-state index contributed by atoms with van der Waals surface area (Å²) < 4.78 is 29.7. The molecule has 0 saturated carbocycles. The van der Waals surface area contributed by atoms with Gasteiger partial charge < -0.3 is 5.32 Å². The SMILES string of the molecule is Cc1ccccc1S(=O)(=O)/N=C(\Nc1ccccc1)c1ccccc1. The van der Waals surface area contributed by atoms with Crippen molar-refractivity contribution in [3.05, 3.63) is 96.1 Å². The number of para-hydroxylation sites is 1. The van der Waals surface area contributed by atoms with E-state index in [1.165, 1.54) is 0 Å². The van der Waals surface area contributed by atoms with Gasteiger partial charge in [0.2, 0.25) is 0 Å². The van der Waals surface area contributed by atoms with Gasteiger partial charge in [-0.25, -0.2) is 0 Å². The van der Waals surface area contributed by atoms with Crippen LogP contribution in [0.4, 0.5) is 5.69 Å². The van der Waals surface area contributed by atoms with Gasteiger partial charge in [0.05, 0.1) is 4.90 Å². The third-order valence-electron chi connectivity index (χ3n) is 3.67. The van der Waals surface area contributed by atoms with Crippen LogP contribution in [0.25, 0.3) is 0 Å². The zero-order valence-corrected chi connectivity index (χ0v) is 14.6. The van der Waals surface area contributed by atoms with Gasteiger partial charge in [-0.2, -0.15) is 8.42 Å². The molecule has 25 heavy (non-hydrogen) atoms. The molecule has 126 valence electrons. The molecule has 0 atom stereocenters. The van der Waals surface area contributed by atoms with Crippen LogP contribution >= 0.6 is 0 Å². The van der Waals surface area contributed by atoms with Crippen LogP contribution in [0.1, 0.15) is 11.1 Å². The fourth-order valence-corrected chi connectivity index (χ4v) is 3.63. The van der Waals surface area contributed by atoms with Gasteiger partial charge >= 0.3 is 0 Å². The Hall–Kier alpha value is -2.92. The lowest BCUT2D eigenvalue weighted by Crippen LogP contribution is -2.16. The number of sulfonamides is 1. The van der Waals surface area contributed by atoms with Crippen molar-refractivity contribution in [2.24, 2.45) is 4.40 Å². The average molecular weight is 350 g/mol. The monoisotopic (exact) mass is 350 g/mol. The van der Waals surface area contributed by atoms with Crippen molar-refractivity contribution in [1.82, 2.24) is 0 Å². The zero-order valence-electron chi connectivity index (χ0n) is 13.8. The lowest BCUT2D eigenvalue weighted by Gasteiger charge is -2.11. The maximum atomic E-state index is 12.8. The highest BCUT2D eigenvalue weighted by Gasteiger charge is 2.17. The maximum absolute atomic E-state index is 12.8. The van der Waals surface area contributed by atoms with Gasteiger partial charge in [0.1, 0.15) is 0 Å². The molecule has 3 aromatic carbocycles. The minimum Gasteiger partial charge on any atom is -0.339 e. The molecular formula is C20H18N2O2S. The minimum atomic E-state index is -3.83. The molecule has 5 heteroatoms. The van der Waals surface area contributed by atoms with E-state index in [0.29, 0.717) is 11.1 Å².